The maximum atomic E-state index is 9.68. The van der Waals surface area contributed by atoms with E-state index in [1.807, 2.05) is 18.2 Å². The van der Waals surface area contributed by atoms with Gasteiger partial charge in [-0.25, -0.2) is 0 Å². The quantitative estimate of drug-likeness (QED) is 0.142. The molecule has 0 saturated heterocycles. The number of phenolic OH excluding ortho intramolecular Hbond substituents is 2. The first-order valence-electron chi connectivity index (χ1n) is 15.6. The summed E-state index contributed by atoms with van der Waals surface area (Å²) in [7, 11) is 0. The highest BCUT2D eigenvalue weighted by Gasteiger charge is 2.19. The highest BCUT2D eigenvalue weighted by Crippen LogP contribution is 2.36. The summed E-state index contributed by atoms with van der Waals surface area (Å²) >= 11 is 0. The molecule has 0 aliphatic carbocycles. The van der Waals surface area contributed by atoms with Crippen molar-refractivity contribution >= 4 is 21.8 Å². The first kappa shape index (κ1) is 29.0. The van der Waals surface area contributed by atoms with Crippen molar-refractivity contribution in [1.29, 1.82) is 0 Å². The van der Waals surface area contributed by atoms with Gasteiger partial charge < -0.3 is 28.4 Å². The zero-order valence-electron chi connectivity index (χ0n) is 25.7. The monoisotopic (exact) mass is 635 g/mol. The molecule has 0 unspecified atom stereocenters. The molecule has 0 saturated carbocycles. The Balaban J connectivity index is 1.05. The molecule has 10 nitrogen and oxygen atoms in total. The number of rotatable bonds is 10. The molecule has 3 heterocycles. The fraction of sp³-hybridized carbons (Fsp3) is 0.105. The molecule has 0 atom stereocenters. The van der Waals surface area contributed by atoms with E-state index in [0.29, 0.717) is 58.2 Å². The van der Waals surface area contributed by atoms with E-state index in [0.717, 1.165) is 19.4 Å². The molecule has 0 fully saturated rings. The largest absolute Gasteiger partial charge is 0.508 e. The van der Waals surface area contributed by atoms with Gasteiger partial charge in [-0.3, -0.25) is 0 Å². The number of aromatic nitrogens is 5. The van der Waals surface area contributed by atoms with Crippen molar-refractivity contribution in [3.63, 3.8) is 0 Å². The van der Waals surface area contributed by atoms with Crippen LogP contribution in [0.25, 0.3) is 67.6 Å². The number of aromatic hydroxyl groups is 2. The minimum absolute atomic E-state index is 0.150. The van der Waals surface area contributed by atoms with Crippen molar-refractivity contribution in [2.75, 3.05) is 6.61 Å². The van der Waals surface area contributed by atoms with Crippen molar-refractivity contribution in [2.45, 2.75) is 19.4 Å². The van der Waals surface area contributed by atoms with Gasteiger partial charge >= 0.3 is 0 Å². The minimum Gasteiger partial charge on any atom is -0.508 e. The molecule has 10 heteroatoms. The standard InChI is InChI=1S/C38H29N5O5/c44-27-16-11-24(12-17-27)35-39-41-37(47-35)26-15-20-31(38-42-40-36(48-38)25-13-18-28(45)19-14-25)34(23-26)46-22-6-5-21-43-32-9-3-1-7-29(32)30-8-2-4-10-33(30)43/h1-4,7-20,23,44-45H,5-6,21-22H2. The lowest BCUT2D eigenvalue weighted by atomic mass is 10.1. The van der Waals surface area contributed by atoms with Crippen LogP contribution in [-0.2, 0) is 6.54 Å². The molecule has 0 bridgehead atoms. The summed E-state index contributed by atoms with van der Waals surface area (Å²) in [6.07, 6.45) is 1.71. The highest BCUT2D eigenvalue weighted by molar-refractivity contribution is 6.07. The number of aryl methyl sites for hydroxylation is 1. The third-order valence-electron chi connectivity index (χ3n) is 8.25. The number of hydrogen-bond donors (Lipinski definition) is 2. The first-order chi connectivity index (χ1) is 23.6. The minimum atomic E-state index is 0.150. The number of hydrogen-bond acceptors (Lipinski definition) is 9. The zero-order chi connectivity index (χ0) is 32.5. The average Bonchev–Trinajstić information content (AvgIpc) is 3.88. The van der Waals surface area contributed by atoms with E-state index in [9.17, 15) is 10.2 Å². The molecule has 5 aromatic carbocycles. The van der Waals surface area contributed by atoms with Crippen LogP contribution in [0.1, 0.15) is 12.8 Å². The molecule has 48 heavy (non-hydrogen) atoms. The number of fused-ring (bicyclic) bond motifs is 3. The molecule has 0 aliphatic heterocycles. The smallest absolute Gasteiger partial charge is 0.251 e. The molecule has 0 radical (unpaired) electrons. The van der Waals surface area contributed by atoms with E-state index in [4.69, 9.17) is 13.6 Å². The lowest BCUT2D eigenvalue weighted by Gasteiger charge is -2.12. The Kier molecular flexibility index (Phi) is 7.50. The van der Waals surface area contributed by atoms with Gasteiger partial charge in [0.15, 0.2) is 0 Å². The number of para-hydroxylation sites is 2. The van der Waals surface area contributed by atoms with Crippen LogP contribution in [0.15, 0.2) is 124 Å². The van der Waals surface area contributed by atoms with Gasteiger partial charge in [-0.1, -0.05) is 36.4 Å². The second-order valence-electron chi connectivity index (χ2n) is 11.4. The SMILES string of the molecule is Oc1ccc(-c2nnc(-c3ccc(-c4nnc(-c5ccc(O)cc5)o4)c(OCCCCn4c5ccccc5c5ccccc54)c3)o2)cc1. The fourth-order valence-corrected chi connectivity index (χ4v) is 5.86. The maximum Gasteiger partial charge on any atom is 0.251 e. The molecule has 8 rings (SSSR count). The van der Waals surface area contributed by atoms with Crippen LogP contribution in [0.3, 0.4) is 0 Å². The van der Waals surface area contributed by atoms with Crippen LogP contribution in [0.4, 0.5) is 0 Å². The lowest BCUT2D eigenvalue weighted by molar-refractivity contribution is 0.304. The second-order valence-corrected chi connectivity index (χ2v) is 11.4. The van der Waals surface area contributed by atoms with E-state index in [-0.39, 0.29) is 11.5 Å². The molecule has 0 amide bonds. The normalized spacial score (nSPS) is 11.4. The van der Waals surface area contributed by atoms with Crippen molar-refractivity contribution in [3.05, 3.63) is 115 Å². The van der Waals surface area contributed by atoms with Crippen LogP contribution >= 0.6 is 0 Å². The molecule has 3 aromatic heterocycles. The molecule has 0 aliphatic rings. The Morgan fingerprint density at radius 2 is 1.04 bits per heavy atom. The summed E-state index contributed by atoms with van der Waals surface area (Å²) in [5, 5.41) is 38.8. The Morgan fingerprint density at radius 1 is 0.542 bits per heavy atom. The van der Waals surface area contributed by atoms with Gasteiger partial charge in [0.2, 0.25) is 17.7 Å². The molecule has 2 N–H and O–H groups in total. The predicted octanol–water partition coefficient (Wildman–Crippen LogP) is 8.50. The van der Waals surface area contributed by atoms with Gasteiger partial charge in [0.1, 0.15) is 17.2 Å². The first-order valence-corrected chi connectivity index (χ1v) is 15.6. The lowest BCUT2D eigenvalue weighted by Crippen LogP contribution is -2.03. The molecule has 8 aromatic rings. The van der Waals surface area contributed by atoms with Crippen molar-refractivity contribution in [1.82, 2.24) is 25.0 Å². The summed E-state index contributed by atoms with van der Waals surface area (Å²) in [6.45, 7) is 1.31. The molecule has 236 valence electrons. The van der Waals surface area contributed by atoms with E-state index in [2.05, 4.69) is 73.5 Å². The van der Waals surface area contributed by atoms with Gasteiger partial charge in [0, 0.05) is 45.0 Å². The third kappa shape index (κ3) is 5.60. The number of unbranched alkanes of at least 4 members (excludes halogenated alkanes) is 1. The van der Waals surface area contributed by atoms with E-state index in [1.54, 1.807) is 48.5 Å². The van der Waals surface area contributed by atoms with Crippen LogP contribution < -0.4 is 4.74 Å². The Bertz CT molecular complexity index is 2300. The van der Waals surface area contributed by atoms with Gasteiger partial charge in [-0.15, -0.1) is 20.4 Å². The number of phenols is 2. The van der Waals surface area contributed by atoms with Crippen LogP contribution in [-0.4, -0.2) is 41.8 Å². The van der Waals surface area contributed by atoms with Crippen LogP contribution in [0.5, 0.6) is 17.2 Å². The molecule has 0 spiro atoms. The van der Waals surface area contributed by atoms with Crippen LogP contribution in [0, 0.1) is 0 Å². The summed E-state index contributed by atoms with van der Waals surface area (Å²) in [6, 6.07) is 35.6. The van der Waals surface area contributed by atoms with E-state index >= 15 is 0 Å². The summed E-state index contributed by atoms with van der Waals surface area (Å²) in [5.41, 5.74) is 5.11. The number of benzene rings is 5. The topological polar surface area (TPSA) is 132 Å². The van der Waals surface area contributed by atoms with Crippen molar-refractivity contribution in [3.8, 4) is 63.1 Å². The Labute approximate surface area is 274 Å². The highest BCUT2D eigenvalue weighted by atomic mass is 16.5. The second kappa shape index (κ2) is 12.4. The average molecular weight is 636 g/mol. The van der Waals surface area contributed by atoms with Crippen LogP contribution in [0.2, 0.25) is 0 Å². The van der Waals surface area contributed by atoms with Crippen molar-refractivity contribution in [2.24, 2.45) is 0 Å². The van der Waals surface area contributed by atoms with Crippen molar-refractivity contribution < 1.29 is 23.8 Å². The number of ether oxygens (including phenoxy) is 1. The Hall–Kier alpha value is -6.42. The summed E-state index contributed by atoms with van der Waals surface area (Å²) < 4.78 is 20.8. The maximum absolute atomic E-state index is 9.68. The third-order valence-corrected chi connectivity index (χ3v) is 8.25. The number of nitrogens with zero attached hydrogens (tertiary/aromatic N) is 5. The summed E-state index contributed by atoms with van der Waals surface area (Å²) in [4.78, 5) is 0. The van der Waals surface area contributed by atoms with Gasteiger partial charge in [-0.05, 0) is 91.7 Å². The van der Waals surface area contributed by atoms with Gasteiger partial charge in [-0.2, -0.15) is 0 Å². The molecular formula is C38H29N5O5. The van der Waals surface area contributed by atoms with Gasteiger partial charge in [0.05, 0.1) is 12.2 Å². The predicted molar refractivity (Wildman–Crippen MR) is 181 cm³/mol. The summed E-state index contributed by atoms with van der Waals surface area (Å²) in [5.74, 6) is 2.10. The van der Waals surface area contributed by atoms with E-state index < -0.39 is 0 Å². The van der Waals surface area contributed by atoms with Gasteiger partial charge in [0.25, 0.3) is 5.89 Å². The fourth-order valence-electron chi connectivity index (χ4n) is 5.86. The molecular weight excluding hydrogens is 606 g/mol. The zero-order valence-corrected chi connectivity index (χ0v) is 25.7. The van der Waals surface area contributed by atoms with E-state index in [1.165, 1.54) is 21.8 Å². The Morgan fingerprint density at radius 3 is 1.65 bits per heavy atom.